The number of hydrogen-bond donors (Lipinski definition) is 2. The number of carboxylic acids is 1. The fourth-order valence-corrected chi connectivity index (χ4v) is 3.22. The molecule has 2 aliphatic carbocycles. The molecule has 0 amide bonds. The number of hydrogen-bond acceptors (Lipinski definition) is 3. The number of nitrogens with zero attached hydrogens (tertiary/aromatic N) is 1. The maximum absolute atomic E-state index is 11.1. The van der Waals surface area contributed by atoms with E-state index in [4.69, 9.17) is 5.11 Å². The number of allylic oxidation sites excluding steroid dienone is 6. The molecule has 4 heteroatoms. The van der Waals surface area contributed by atoms with Gasteiger partial charge in [-0.15, -0.1) is 0 Å². The summed E-state index contributed by atoms with van der Waals surface area (Å²) in [6.45, 7) is 0.997. The number of aromatic nitrogens is 1. The number of rotatable bonds is 1. The maximum Gasteiger partial charge on any atom is 0.337 e. The molecule has 0 saturated carbocycles. The van der Waals surface area contributed by atoms with Gasteiger partial charge in [-0.3, -0.25) is 4.98 Å². The van der Waals surface area contributed by atoms with Crippen molar-refractivity contribution < 1.29 is 9.90 Å². The van der Waals surface area contributed by atoms with Gasteiger partial charge >= 0.3 is 5.97 Å². The second-order valence-corrected chi connectivity index (χ2v) is 5.42. The Bertz CT molecular complexity index is 769. The van der Waals surface area contributed by atoms with Crippen molar-refractivity contribution >= 4 is 17.6 Å². The van der Waals surface area contributed by atoms with Crippen LogP contribution >= 0.6 is 0 Å². The van der Waals surface area contributed by atoms with Gasteiger partial charge < -0.3 is 10.4 Å². The van der Waals surface area contributed by atoms with Crippen molar-refractivity contribution in [1.29, 1.82) is 0 Å². The van der Waals surface area contributed by atoms with Crippen LogP contribution in [0.2, 0.25) is 0 Å². The quantitative estimate of drug-likeness (QED) is 0.829. The zero-order chi connectivity index (χ0) is 14.4. The maximum atomic E-state index is 11.1. The highest BCUT2D eigenvalue weighted by atomic mass is 16.4. The number of pyridine rings is 1. The lowest BCUT2D eigenvalue weighted by Gasteiger charge is -2.22. The largest absolute Gasteiger partial charge is 0.478 e. The fourth-order valence-electron chi connectivity index (χ4n) is 3.22. The summed E-state index contributed by atoms with van der Waals surface area (Å²) in [4.78, 5) is 15.5. The Morgan fingerprint density at radius 3 is 3.10 bits per heavy atom. The monoisotopic (exact) mass is 278 g/mol. The molecule has 1 aromatic rings. The second kappa shape index (κ2) is 4.45. The predicted octanol–water partition coefficient (Wildman–Crippen LogP) is 2.62. The minimum Gasteiger partial charge on any atom is -0.478 e. The van der Waals surface area contributed by atoms with Crippen LogP contribution < -0.4 is 5.32 Å². The fraction of sp³-hybridized carbons (Fsp3) is 0.176. The van der Waals surface area contributed by atoms with Crippen LogP contribution in [0.5, 0.6) is 0 Å². The van der Waals surface area contributed by atoms with Crippen molar-refractivity contribution in [2.45, 2.75) is 6.42 Å². The van der Waals surface area contributed by atoms with Crippen molar-refractivity contribution in [3.8, 4) is 0 Å². The molecule has 104 valence electrons. The first-order valence-electron chi connectivity index (χ1n) is 7.02. The zero-order valence-electron chi connectivity index (χ0n) is 11.3. The molecule has 0 bridgehead atoms. The van der Waals surface area contributed by atoms with E-state index in [1.807, 2.05) is 12.2 Å². The van der Waals surface area contributed by atoms with E-state index < -0.39 is 5.97 Å². The summed E-state index contributed by atoms with van der Waals surface area (Å²) in [5.74, 6) is -0.544. The van der Waals surface area contributed by atoms with Crippen LogP contribution in [-0.4, -0.2) is 22.6 Å². The van der Waals surface area contributed by atoms with Crippen LogP contribution in [-0.2, 0) is 0 Å². The lowest BCUT2D eigenvalue weighted by molar-refractivity contribution is 0.0696. The highest BCUT2D eigenvalue weighted by Gasteiger charge is 2.30. The number of fused-ring (bicyclic) bond motifs is 5. The van der Waals surface area contributed by atoms with Crippen molar-refractivity contribution in [3.05, 3.63) is 64.7 Å². The van der Waals surface area contributed by atoms with Crippen LogP contribution in [0, 0.1) is 5.92 Å². The van der Waals surface area contributed by atoms with Gasteiger partial charge in [0.1, 0.15) is 0 Å². The molecule has 2 heterocycles. The Morgan fingerprint density at radius 2 is 2.24 bits per heavy atom. The molecule has 4 nitrogen and oxygen atoms in total. The highest BCUT2D eigenvalue weighted by molar-refractivity contribution is 5.92. The lowest BCUT2D eigenvalue weighted by Crippen LogP contribution is -2.13. The first-order valence-corrected chi connectivity index (χ1v) is 7.02. The van der Waals surface area contributed by atoms with E-state index >= 15 is 0 Å². The third-order valence-corrected chi connectivity index (χ3v) is 4.22. The predicted molar refractivity (Wildman–Crippen MR) is 80.5 cm³/mol. The Kier molecular flexibility index (Phi) is 2.57. The topological polar surface area (TPSA) is 62.2 Å². The van der Waals surface area contributed by atoms with Crippen LogP contribution in [0.3, 0.4) is 0 Å². The number of nitrogens with one attached hydrogen (secondary N) is 1. The molecule has 4 rings (SSSR count). The van der Waals surface area contributed by atoms with E-state index in [0.717, 1.165) is 29.8 Å². The van der Waals surface area contributed by atoms with Gasteiger partial charge in [0.25, 0.3) is 0 Å². The van der Waals surface area contributed by atoms with Crippen LogP contribution in [0.25, 0.3) is 11.6 Å². The van der Waals surface area contributed by atoms with Gasteiger partial charge in [0, 0.05) is 35.5 Å². The summed E-state index contributed by atoms with van der Waals surface area (Å²) >= 11 is 0. The molecule has 3 aliphatic rings. The van der Waals surface area contributed by atoms with Gasteiger partial charge in [-0.05, 0) is 24.1 Å². The van der Waals surface area contributed by atoms with Gasteiger partial charge in [0.05, 0.1) is 11.3 Å². The Balaban J connectivity index is 1.87. The van der Waals surface area contributed by atoms with E-state index in [9.17, 15) is 4.79 Å². The average molecular weight is 278 g/mol. The standard InChI is InChI=1S/C17H14N2O2/c20-17(21)11-8-10-2-1-3-12-13-6-7-18-15(13)5-4-14(12)16(10)19-9-11/h1-5,8-9,13,18H,6-7H2,(H,20,21). The van der Waals surface area contributed by atoms with E-state index in [1.165, 1.54) is 17.5 Å². The minimum atomic E-state index is -0.948. The Morgan fingerprint density at radius 1 is 1.33 bits per heavy atom. The number of carboxylic acid groups (broad SMARTS) is 1. The van der Waals surface area contributed by atoms with Gasteiger partial charge in [-0.2, -0.15) is 0 Å². The summed E-state index contributed by atoms with van der Waals surface area (Å²) in [6, 6.07) is 1.69. The van der Waals surface area contributed by atoms with Gasteiger partial charge in [-0.25, -0.2) is 4.79 Å². The molecule has 0 spiro atoms. The van der Waals surface area contributed by atoms with Gasteiger partial charge in [0.2, 0.25) is 0 Å². The molecule has 2 N–H and O–H groups in total. The lowest BCUT2D eigenvalue weighted by atomic mass is 9.83. The SMILES string of the molecule is O=C(O)c1cnc2c(c1)C=CC=C1C2=CC=C2NCCC21. The highest BCUT2D eigenvalue weighted by Crippen LogP contribution is 2.41. The number of aromatic carboxylic acids is 1. The summed E-state index contributed by atoms with van der Waals surface area (Å²) in [7, 11) is 0. The molecule has 1 aliphatic heterocycles. The van der Waals surface area contributed by atoms with E-state index in [0.29, 0.717) is 5.92 Å². The molecule has 21 heavy (non-hydrogen) atoms. The Hall–Kier alpha value is -2.62. The van der Waals surface area contributed by atoms with Crippen molar-refractivity contribution in [2.75, 3.05) is 6.54 Å². The van der Waals surface area contributed by atoms with E-state index in [2.05, 4.69) is 28.5 Å². The van der Waals surface area contributed by atoms with E-state index in [-0.39, 0.29) is 5.56 Å². The molecule has 0 radical (unpaired) electrons. The third-order valence-electron chi connectivity index (χ3n) is 4.22. The molecule has 0 aromatic carbocycles. The smallest absolute Gasteiger partial charge is 0.337 e. The first kappa shape index (κ1) is 12.1. The van der Waals surface area contributed by atoms with Gasteiger partial charge in [0.15, 0.2) is 0 Å². The second-order valence-electron chi connectivity index (χ2n) is 5.42. The number of carbonyl (C=O) groups is 1. The molecular weight excluding hydrogens is 264 g/mol. The Labute approximate surface area is 122 Å². The van der Waals surface area contributed by atoms with Crippen molar-refractivity contribution in [2.24, 2.45) is 5.92 Å². The third kappa shape index (κ3) is 1.83. The van der Waals surface area contributed by atoms with Crippen LogP contribution in [0.1, 0.15) is 28.0 Å². The molecule has 1 aromatic heterocycles. The summed E-state index contributed by atoms with van der Waals surface area (Å²) in [5, 5.41) is 12.5. The van der Waals surface area contributed by atoms with Crippen molar-refractivity contribution in [1.82, 2.24) is 10.3 Å². The summed E-state index contributed by atoms with van der Waals surface area (Å²) < 4.78 is 0. The normalized spacial score (nSPS) is 21.9. The zero-order valence-corrected chi connectivity index (χ0v) is 11.3. The average Bonchev–Trinajstić information content (AvgIpc) is 2.88. The molecule has 1 atom stereocenters. The van der Waals surface area contributed by atoms with Gasteiger partial charge in [-0.1, -0.05) is 24.3 Å². The minimum absolute atomic E-state index is 0.219. The van der Waals surface area contributed by atoms with Crippen molar-refractivity contribution in [3.63, 3.8) is 0 Å². The molecule has 1 saturated heterocycles. The van der Waals surface area contributed by atoms with Crippen LogP contribution in [0.15, 0.2) is 47.8 Å². The van der Waals surface area contributed by atoms with E-state index in [1.54, 1.807) is 6.07 Å². The summed E-state index contributed by atoms with van der Waals surface area (Å²) in [5.41, 5.74) is 5.57. The first-order chi connectivity index (χ1) is 10.2. The van der Waals surface area contributed by atoms with Crippen LogP contribution in [0.4, 0.5) is 0 Å². The molecule has 1 unspecified atom stereocenters. The molecule has 1 fully saturated rings. The molecular formula is C17H14N2O2. The summed E-state index contributed by atoms with van der Waals surface area (Å²) in [6.07, 6.45) is 12.8.